The summed E-state index contributed by atoms with van der Waals surface area (Å²) in [5.74, 6) is -0.259. The monoisotopic (exact) mass is 474 g/mol. The predicted octanol–water partition coefficient (Wildman–Crippen LogP) is 1.85. The molecule has 1 aromatic carbocycles. The summed E-state index contributed by atoms with van der Waals surface area (Å²) < 4.78 is 1.41. The highest BCUT2D eigenvalue weighted by molar-refractivity contribution is 7.17. The Kier molecular flexibility index (Phi) is 5.17. The summed E-state index contributed by atoms with van der Waals surface area (Å²) in [5, 5.41) is 15.0. The van der Waals surface area contributed by atoms with Crippen LogP contribution >= 0.6 is 11.3 Å². The van der Waals surface area contributed by atoms with E-state index in [-0.39, 0.29) is 24.3 Å². The number of nitrogens with zero attached hydrogens (tertiary/aromatic N) is 6. The molecule has 0 fully saturated rings. The lowest BCUT2D eigenvalue weighted by Gasteiger charge is -2.25. The van der Waals surface area contributed by atoms with Crippen molar-refractivity contribution in [3.63, 3.8) is 0 Å². The van der Waals surface area contributed by atoms with Gasteiger partial charge < -0.3 is 10.2 Å². The number of fused-ring (bicyclic) bond motifs is 2. The second-order valence-corrected chi connectivity index (χ2v) is 9.62. The van der Waals surface area contributed by atoms with E-state index in [0.29, 0.717) is 30.1 Å². The Morgan fingerprint density at radius 2 is 1.91 bits per heavy atom. The molecule has 4 heterocycles. The van der Waals surface area contributed by atoms with Crippen LogP contribution in [0.25, 0.3) is 0 Å². The zero-order chi connectivity index (χ0) is 23.1. The van der Waals surface area contributed by atoms with Crippen LogP contribution in [0.3, 0.4) is 0 Å². The standard InChI is InChI=1S/C23H22N8O2S/c32-21(30-6-5-18-19(12-30)28-29-27-18)9-17-11-31(13-25-17)22(33)20-10-24-23(34-20)26-16-7-14-3-1-2-4-15(14)8-16/h1-4,10-11,13,16H,5-9,12H2,(H,24,26)(H,27,28,29). The minimum absolute atomic E-state index is 0.0480. The maximum atomic E-state index is 12.9. The lowest BCUT2D eigenvalue weighted by atomic mass is 10.1. The third-order valence-corrected chi connectivity index (χ3v) is 7.23. The third-order valence-electron chi connectivity index (χ3n) is 6.31. The van der Waals surface area contributed by atoms with E-state index in [1.54, 1.807) is 17.3 Å². The summed E-state index contributed by atoms with van der Waals surface area (Å²) in [4.78, 5) is 36.6. The number of carbonyl (C=O) groups is 2. The van der Waals surface area contributed by atoms with Crippen molar-refractivity contribution in [1.29, 1.82) is 0 Å². The van der Waals surface area contributed by atoms with E-state index in [1.807, 2.05) is 0 Å². The summed E-state index contributed by atoms with van der Waals surface area (Å²) >= 11 is 1.33. The number of thiazole rings is 1. The first-order chi connectivity index (χ1) is 16.6. The van der Waals surface area contributed by atoms with Crippen molar-refractivity contribution in [3.05, 3.63) is 76.1 Å². The van der Waals surface area contributed by atoms with Crippen molar-refractivity contribution >= 4 is 28.3 Å². The molecular weight excluding hydrogens is 452 g/mol. The zero-order valence-electron chi connectivity index (χ0n) is 18.3. The fourth-order valence-corrected chi connectivity index (χ4v) is 5.39. The second-order valence-electron chi connectivity index (χ2n) is 8.58. The van der Waals surface area contributed by atoms with Crippen LogP contribution in [-0.2, 0) is 37.0 Å². The van der Waals surface area contributed by atoms with Crippen LogP contribution in [-0.4, -0.2) is 59.2 Å². The fourth-order valence-electron chi connectivity index (χ4n) is 4.55. The average Bonchev–Trinajstić information content (AvgIpc) is 3.64. The van der Waals surface area contributed by atoms with Gasteiger partial charge in [-0.3, -0.25) is 14.2 Å². The number of hydrogen-bond donors (Lipinski definition) is 2. The molecule has 1 amide bonds. The average molecular weight is 475 g/mol. The molecule has 0 spiro atoms. The van der Waals surface area contributed by atoms with Crippen LogP contribution in [0.4, 0.5) is 5.13 Å². The number of H-pyrrole nitrogens is 1. The van der Waals surface area contributed by atoms with Crippen LogP contribution in [0.1, 0.15) is 37.9 Å². The van der Waals surface area contributed by atoms with Crippen LogP contribution < -0.4 is 5.32 Å². The van der Waals surface area contributed by atoms with E-state index < -0.39 is 0 Å². The van der Waals surface area contributed by atoms with Crippen LogP contribution in [0.5, 0.6) is 0 Å². The Morgan fingerprint density at radius 3 is 2.74 bits per heavy atom. The maximum absolute atomic E-state index is 12.9. The number of hydrogen-bond acceptors (Lipinski definition) is 8. The molecule has 1 aliphatic carbocycles. The highest BCUT2D eigenvalue weighted by Gasteiger charge is 2.25. The Morgan fingerprint density at radius 1 is 1.12 bits per heavy atom. The quantitative estimate of drug-likeness (QED) is 0.453. The SMILES string of the molecule is O=C(Cc1cn(C(=O)c2cnc(NC3Cc4ccccc4C3)s2)cn1)N1CCc2n[nH]nc2C1. The van der Waals surface area contributed by atoms with Crippen molar-refractivity contribution in [2.24, 2.45) is 0 Å². The van der Waals surface area contributed by atoms with Crippen LogP contribution in [0, 0.1) is 0 Å². The molecule has 0 unspecified atom stereocenters. The van der Waals surface area contributed by atoms with E-state index >= 15 is 0 Å². The first-order valence-corrected chi connectivity index (χ1v) is 12.0. The van der Waals surface area contributed by atoms with Crippen molar-refractivity contribution < 1.29 is 9.59 Å². The molecule has 3 aromatic heterocycles. The molecule has 172 valence electrons. The molecule has 1 aliphatic heterocycles. The molecule has 6 rings (SSSR count). The Bertz CT molecular complexity index is 1350. The minimum Gasteiger partial charge on any atom is -0.358 e. The number of imidazole rings is 1. The highest BCUT2D eigenvalue weighted by atomic mass is 32.1. The van der Waals surface area contributed by atoms with Crippen LogP contribution in [0.15, 0.2) is 43.0 Å². The molecule has 2 N–H and O–H groups in total. The molecule has 11 heteroatoms. The van der Waals surface area contributed by atoms with Crippen molar-refractivity contribution in [3.8, 4) is 0 Å². The van der Waals surface area contributed by atoms with Gasteiger partial charge in [0, 0.05) is 25.2 Å². The molecule has 0 atom stereocenters. The number of anilines is 1. The first kappa shape index (κ1) is 20.7. The molecule has 0 saturated heterocycles. The lowest BCUT2D eigenvalue weighted by Crippen LogP contribution is -2.37. The van der Waals surface area contributed by atoms with Gasteiger partial charge >= 0.3 is 0 Å². The minimum atomic E-state index is -0.211. The van der Waals surface area contributed by atoms with Gasteiger partial charge in [0.1, 0.15) is 16.9 Å². The summed E-state index contributed by atoms with van der Waals surface area (Å²) in [7, 11) is 0. The summed E-state index contributed by atoms with van der Waals surface area (Å²) in [6.07, 6.45) is 7.37. The number of carbonyl (C=O) groups excluding carboxylic acids is 2. The molecule has 10 nitrogen and oxygen atoms in total. The van der Waals surface area contributed by atoms with Crippen LogP contribution in [0.2, 0.25) is 0 Å². The fraction of sp³-hybridized carbons (Fsp3) is 0.304. The first-order valence-electron chi connectivity index (χ1n) is 11.2. The van der Waals surface area contributed by atoms with Gasteiger partial charge in [0.15, 0.2) is 5.13 Å². The maximum Gasteiger partial charge on any atom is 0.274 e. The van der Waals surface area contributed by atoms with Gasteiger partial charge in [-0.25, -0.2) is 9.97 Å². The van der Waals surface area contributed by atoms with Crippen molar-refractivity contribution in [1.82, 2.24) is 34.8 Å². The van der Waals surface area contributed by atoms with E-state index in [0.717, 1.165) is 29.4 Å². The van der Waals surface area contributed by atoms with E-state index in [2.05, 4.69) is 55.0 Å². The zero-order valence-corrected chi connectivity index (χ0v) is 19.1. The van der Waals surface area contributed by atoms with E-state index in [1.165, 1.54) is 33.4 Å². The summed E-state index contributed by atoms with van der Waals surface area (Å²) in [6, 6.07) is 8.72. The number of rotatable bonds is 5. The van der Waals surface area contributed by atoms with Gasteiger partial charge in [0.25, 0.3) is 5.91 Å². The van der Waals surface area contributed by atoms with E-state index in [4.69, 9.17) is 0 Å². The normalized spacial score (nSPS) is 15.2. The number of benzene rings is 1. The molecule has 4 aromatic rings. The van der Waals surface area contributed by atoms with E-state index in [9.17, 15) is 9.59 Å². The Balaban J connectivity index is 1.07. The number of nitrogens with one attached hydrogen (secondary N) is 2. The van der Waals surface area contributed by atoms with Gasteiger partial charge in [-0.2, -0.15) is 15.4 Å². The topological polar surface area (TPSA) is 122 Å². The van der Waals surface area contributed by atoms with Gasteiger partial charge in [-0.1, -0.05) is 35.6 Å². The predicted molar refractivity (Wildman–Crippen MR) is 125 cm³/mol. The van der Waals surface area contributed by atoms with Crippen molar-refractivity contribution in [2.45, 2.75) is 38.3 Å². The number of amides is 1. The molecule has 0 radical (unpaired) electrons. The lowest BCUT2D eigenvalue weighted by molar-refractivity contribution is -0.131. The molecule has 0 saturated carbocycles. The number of aromatic amines is 1. The molecular formula is C23H22N8O2S. The molecule has 2 aliphatic rings. The van der Waals surface area contributed by atoms with Gasteiger partial charge in [-0.15, -0.1) is 0 Å². The van der Waals surface area contributed by atoms with Gasteiger partial charge in [0.2, 0.25) is 5.91 Å². The molecule has 0 bridgehead atoms. The third kappa shape index (κ3) is 3.98. The van der Waals surface area contributed by atoms with Crippen molar-refractivity contribution in [2.75, 3.05) is 11.9 Å². The van der Waals surface area contributed by atoms with Gasteiger partial charge in [0.05, 0.1) is 30.6 Å². The summed E-state index contributed by atoms with van der Waals surface area (Å²) in [5.41, 5.74) is 4.99. The Hall–Kier alpha value is -3.86. The molecule has 34 heavy (non-hydrogen) atoms. The second kappa shape index (κ2) is 8.49. The smallest absolute Gasteiger partial charge is 0.274 e. The summed E-state index contributed by atoms with van der Waals surface area (Å²) in [6.45, 7) is 1.04. The Labute approximate surface area is 199 Å². The largest absolute Gasteiger partial charge is 0.358 e. The van der Waals surface area contributed by atoms with Gasteiger partial charge in [-0.05, 0) is 24.0 Å². The highest BCUT2D eigenvalue weighted by Crippen LogP contribution is 2.27. The number of aromatic nitrogens is 6.